The third-order valence-corrected chi connectivity index (χ3v) is 2.50. The van der Waals surface area contributed by atoms with Gasteiger partial charge in [0, 0.05) is 14.1 Å². The molecule has 0 amide bonds. The molecular formula is C11H16N6. The summed E-state index contributed by atoms with van der Waals surface area (Å²) < 4.78 is 1.89. The van der Waals surface area contributed by atoms with Gasteiger partial charge in [-0.3, -0.25) is 0 Å². The predicted molar refractivity (Wildman–Crippen MR) is 66.8 cm³/mol. The topological polar surface area (TPSA) is 67.7 Å². The van der Waals surface area contributed by atoms with Crippen molar-refractivity contribution in [3.8, 4) is 0 Å². The van der Waals surface area contributed by atoms with Crippen molar-refractivity contribution in [1.82, 2.24) is 19.7 Å². The standard InChI is InChI=1S/C11H16N6/c1-8(11-16-13-7-17(11)3)14-10-6-4-5-9(12-2)15-10/h4-8H,1-3H3,(H2,12,14,15). The van der Waals surface area contributed by atoms with E-state index in [1.807, 2.05) is 43.8 Å². The molecule has 0 fully saturated rings. The van der Waals surface area contributed by atoms with Crippen LogP contribution >= 0.6 is 0 Å². The number of nitrogens with zero attached hydrogens (tertiary/aromatic N) is 4. The van der Waals surface area contributed by atoms with Gasteiger partial charge in [0.25, 0.3) is 0 Å². The summed E-state index contributed by atoms with van der Waals surface area (Å²) in [5.41, 5.74) is 0. The Labute approximate surface area is 100 Å². The first-order valence-electron chi connectivity index (χ1n) is 5.46. The van der Waals surface area contributed by atoms with Crippen LogP contribution in [0.15, 0.2) is 24.5 Å². The maximum absolute atomic E-state index is 4.39. The Morgan fingerprint density at radius 3 is 2.71 bits per heavy atom. The molecule has 2 aromatic rings. The number of pyridine rings is 1. The first kappa shape index (κ1) is 11.4. The smallest absolute Gasteiger partial charge is 0.154 e. The fourth-order valence-corrected chi connectivity index (χ4v) is 1.62. The summed E-state index contributed by atoms with van der Waals surface area (Å²) in [4.78, 5) is 4.39. The van der Waals surface area contributed by atoms with E-state index in [1.54, 1.807) is 6.33 Å². The van der Waals surface area contributed by atoms with Gasteiger partial charge in [-0.2, -0.15) is 0 Å². The minimum atomic E-state index is 0.0575. The SMILES string of the molecule is CNc1cccc(NC(C)c2nncn2C)n1. The van der Waals surface area contributed by atoms with E-state index < -0.39 is 0 Å². The molecule has 1 unspecified atom stereocenters. The van der Waals surface area contributed by atoms with Gasteiger partial charge in [0.2, 0.25) is 0 Å². The number of hydrogen-bond acceptors (Lipinski definition) is 5. The molecule has 0 saturated heterocycles. The molecule has 2 rings (SSSR count). The second-order valence-electron chi connectivity index (χ2n) is 3.82. The highest BCUT2D eigenvalue weighted by molar-refractivity contribution is 5.45. The lowest BCUT2D eigenvalue weighted by Gasteiger charge is -2.14. The third kappa shape index (κ3) is 2.52. The van der Waals surface area contributed by atoms with Crippen molar-refractivity contribution in [2.75, 3.05) is 17.7 Å². The molecule has 0 aliphatic carbocycles. The molecule has 6 nitrogen and oxygen atoms in total. The van der Waals surface area contributed by atoms with Crippen LogP contribution in [-0.4, -0.2) is 26.8 Å². The van der Waals surface area contributed by atoms with Crippen molar-refractivity contribution >= 4 is 11.6 Å². The summed E-state index contributed by atoms with van der Waals surface area (Å²) in [7, 11) is 3.77. The highest BCUT2D eigenvalue weighted by Gasteiger charge is 2.11. The highest BCUT2D eigenvalue weighted by Crippen LogP contribution is 2.16. The zero-order valence-corrected chi connectivity index (χ0v) is 10.2. The van der Waals surface area contributed by atoms with Crippen LogP contribution in [-0.2, 0) is 7.05 Å². The van der Waals surface area contributed by atoms with Crippen LogP contribution in [0.4, 0.5) is 11.6 Å². The quantitative estimate of drug-likeness (QED) is 0.834. The lowest BCUT2D eigenvalue weighted by molar-refractivity contribution is 0.716. The van der Waals surface area contributed by atoms with Gasteiger partial charge in [-0.15, -0.1) is 10.2 Å². The summed E-state index contributed by atoms with van der Waals surface area (Å²) in [5.74, 6) is 2.52. The van der Waals surface area contributed by atoms with Crippen LogP contribution in [0.2, 0.25) is 0 Å². The number of hydrogen-bond donors (Lipinski definition) is 2. The zero-order chi connectivity index (χ0) is 12.3. The predicted octanol–water partition coefficient (Wildman–Crippen LogP) is 1.42. The third-order valence-electron chi connectivity index (χ3n) is 2.50. The van der Waals surface area contributed by atoms with E-state index >= 15 is 0 Å². The molecule has 2 aromatic heterocycles. The van der Waals surface area contributed by atoms with Crippen LogP contribution in [0, 0.1) is 0 Å². The Kier molecular flexibility index (Phi) is 3.22. The van der Waals surface area contributed by atoms with Crippen molar-refractivity contribution in [3.63, 3.8) is 0 Å². The summed E-state index contributed by atoms with van der Waals surface area (Å²) in [6.45, 7) is 2.03. The monoisotopic (exact) mass is 232 g/mol. The summed E-state index contributed by atoms with van der Waals surface area (Å²) >= 11 is 0. The average Bonchev–Trinajstić information content (AvgIpc) is 2.76. The van der Waals surface area contributed by atoms with Gasteiger partial charge in [-0.05, 0) is 19.1 Å². The molecule has 0 aromatic carbocycles. The molecule has 2 N–H and O–H groups in total. The molecular weight excluding hydrogens is 216 g/mol. The van der Waals surface area contributed by atoms with Gasteiger partial charge < -0.3 is 15.2 Å². The van der Waals surface area contributed by atoms with Gasteiger partial charge in [-0.1, -0.05) is 6.07 Å². The highest BCUT2D eigenvalue weighted by atomic mass is 15.3. The largest absolute Gasteiger partial charge is 0.373 e. The van der Waals surface area contributed by atoms with E-state index in [-0.39, 0.29) is 6.04 Å². The molecule has 17 heavy (non-hydrogen) atoms. The van der Waals surface area contributed by atoms with E-state index in [9.17, 15) is 0 Å². The van der Waals surface area contributed by atoms with Crippen molar-refractivity contribution in [2.45, 2.75) is 13.0 Å². The fourth-order valence-electron chi connectivity index (χ4n) is 1.62. The van der Waals surface area contributed by atoms with Crippen LogP contribution in [0.3, 0.4) is 0 Å². The molecule has 0 radical (unpaired) electrons. The molecule has 2 heterocycles. The van der Waals surface area contributed by atoms with Gasteiger partial charge in [-0.25, -0.2) is 4.98 Å². The second kappa shape index (κ2) is 4.82. The Morgan fingerprint density at radius 1 is 1.29 bits per heavy atom. The van der Waals surface area contributed by atoms with Gasteiger partial charge in [0.05, 0.1) is 6.04 Å². The lowest BCUT2D eigenvalue weighted by Crippen LogP contribution is -2.13. The number of anilines is 2. The van der Waals surface area contributed by atoms with Crippen molar-refractivity contribution in [1.29, 1.82) is 0 Å². The number of nitrogens with one attached hydrogen (secondary N) is 2. The Bertz CT molecular complexity index is 492. The molecule has 0 spiro atoms. The van der Waals surface area contributed by atoms with Gasteiger partial charge >= 0.3 is 0 Å². The second-order valence-corrected chi connectivity index (χ2v) is 3.82. The number of aromatic nitrogens is 4. The van der Waals surface area contributed by atoms with Gasteiger partial charge in [0.1, 0.15) is 18.0 Å². The number of rotatable bonds is 4. The van der Waals surface area contributed by atoms with Crippen LogP contribution in [0.1, 0.15) is 18.8 Å². The van der Waals surface area contributed by atoms with E-state index in [0.717, 1.165) is 17.5 Å². The summed E-state index contributed by atoms with van der Waals surface area (Å²) in [6.07, 6.45) is 1.69. The molecule has 0 saturated carbocycles. The molecule has 0 aliphatic rings. The van der Waals surface area contributed by atoms with Crippen molar-refractivity contribution in [2.24, 2.45) is 7.05 Å². The first-order chi connectivity index (χ1) is 8.20. The maximum Gasteiger partial charge on any atom is 0.154 e. The molecule has 0 aliphatic heterocycles. The zero-order valence-electron chi connectivity index (χ0n) is 10.2. The summed E-state index contributed by atoms with van der Waals surface area (Å²) in [6, 6.07) is 5.85. The van der Waals surface area contributed by atoms with E-state index in [2.05, 4.69) is 25.8 Å². The average molecular weight is 232 g/mol. The maximum atomic E-state index is 4.39. The fraction of sp³-hybridized carbons (Fsp3) is 0.364. The van der Waals surface area contributed by atoms with Crippen molar-refractivity contribution in [3.05, 3.63) is 30.4 Å². The Morgan fingerprint density at radius 2 is 2.06 bits per heavy atom. The normalized spacial score (nSPS) is 12.2. The molecule has 6 heteroatoms. The molecule has 1 atom stereocenters. The van der Waals surface area contributed by atoms with E-state index in [0.29, 0.717) is 0 Å². The minimum absolute atomic E-state index is 0.0575. The summed E-state index contributed by atoms with van der Waals surface area (Å²) in [5, 5.41) is 14.2. The van der Waals surface area contributed by atoms with E-state index in [4.69, 9.17) is 0 Å². The van der Waals surface area contributed by atoms with Crippen LogP contribution in [0.25, 0.3) is 0 Å². The lowest BCUT2D eigenvalue weighted by atomic mass is 10.3. The first-order valence-corrected chi connectivity index (χ1v) is 5.46. The minimum Gasteiger partial charge on any atom is -0.373 e. The van der Waals surface area contributed by atoms with E-state index in [1.165, 1.54) is 0 Å². The van der Waals surface area contributed by atoms with Crippen molar-refractivity contribution < 1.29 is 0 Å². The van der Waals surface area contributed by atoms with Gasteiger partial charge in [0.15, 0.2) is 5.82 Å². The molecule has 0 bridgehead atoms. The Balaban J connectivity index is 2.13. The number of aryl methyl sites for hydroxylation is 1. The molecule has 90 valence electrons. The van der Waals surface area contributed by atoms with Crippen LogP contribution < -0.4 is 10.6 Å². The van der Waals surface area contributed by atoms with Crippen LogP contribution in [0.5, 0.6) is 0 Å². The Hall–Kier alpha value is -2.11.